The molecule has 0 saturated carbocycles. The maximum absolute atomic E-state index is 12.0. The van der Waals surface area contributed by atoms with Gasteiger partial charge in [-0.15, -0.1) is 0 Å². The molecule has 0 aromatic heterocycles. The Morgan fingerprint density at radius 2 is 1.94 bits per heavy atom. The number of rotatable bonds is 2. The Balaban J connectivity index is 2.42. The molecule has 1 N–H and O–H groups in total. The molecule has 1 aromatic rings. The van der Waals surface area contributed by atoms with Crippen LogP contribution in [0.3, 0.4) is 0 Å². The SMILES string of the molecule is CC1(C)C(C(=O)O)CC(=O)N1c1ccccc1. The number of carbonyl (C=O) groups excluding carboxylic acids is 1. The summed E-state index contributed by atoms with van der Waals surface area (Å²) in [4.78, 5) is 24.7. The fourth-order valence-corrected chi connectivity index (χ4v) is 2.44. The van der Waals surface area contributed by atoms with Crippen molar-refractivity contribution in [3.8, 4) is 0 Å². The summed E-state index contributed by atoms with van der Waals surface area (Å²) in [5.74, 6) is -1.70. The summed E-state index contributed by atoms with van der Waals surface area (Å²) >= 11 is 0. The monoisotopic (exact) mass is 233 g/mol. The topological polar surface area (TPSA) is 57.6 Å². The molecule has 1 unspecified atom stereocenters. The predicted octanol–water partition coefficient (Wildman–Crippen LogP) is 1.90. The molecule has 0 aliphatic carbocycles. The molecular weight excluding hydrogens is 218 g/mol. The highest BCUT2D eigenvalue weighted by molar-refractivity contribution is 6.01. The summed E-state index contributed by atoms with van der Waals surface area (Å²) in [6.07, 6.45) is 0.0667. The van der Waals surface area contributed by atoms with E-state index in [2.05, 4.69) is 0 Å². The molecule has 1 fully saturated rings. The zero-order chi connectivity index (χ0) is 12.6. The zero-order valence-electron chi connectivity index (χ0n) is 9.88. The number of carboxylic acid groups (broad SMARTS) is 1. The number of para-hydroxylation sites is 1. The van der Waals surface area contributed by atoms with Crippen molar-refractivity contribution < 1.29 is 14.7 Å². The molecule has 0 radical (unpaired) electrons. The van der Waals surface area contributed by atoms with E-state index in [4.69, 9.17) is 5.11 Å². The largest absolute Gasteiger partial charge is 0.481 e. The number of hydrogen-bond acceptors (Lipinski definition) is 2. The van der Waals surface area contributed by atoms with E-state index in [1.165, 1.54) is 0 Å². The van der Waals surface area contributed by atoms with Gasteiger partial charge in [0.15, 0.2) is 0 Å². The summed E-state index contributed by atoms with van der Waals surface area (Å²) in [5, 5.41) is 9.15. The molecule has 4 heteroatoms. The second kappa shape index (κ2) is 3.87. The highest BCUT2D eigenvalue weighted by atomic mass is 16.4. The molecule has 1 aliphatic heterocycles. The molecule has 1 aliphatic rings. The van der Waals surface area contributed by atoms with Gasteiger partial charge in [-0.1, -0.05) is 18.2 Å². The average molecular weight is 233 g/mol. The molecule has 1 aromatic carbocycles. The zero-order valence-corrected chi connectivity index (χ0v) is 9.88. The van der Waals surface area contributed by atoms with E-state index in [9.17, 15) is 9.59 Å². The normalized spacial score (nSPS) is 22.8. The van der Waals surface area contributed by atoms with E-state index < -0.39 is 17.4 Å². The van der Waals surface area contributed by atoms with Gasteiger partial charge in [0, 0.05) is 12.1 Å². The van der Waals surface area contributed by atoms with Gasteiger partial charge >= 0.3 is 5.97 Å². The molecule has 4 nitrogen and oxygen atoms in total. The van der Waals surface area contributed by atoms with Gasteiger partial charge in [-0.2, -0.15) is 0 Å². The molecule has 1 saturated heterocycles. The number of benzene rings is 1. The van der Waals surface area contributed by atoms with Crippen molar-refractivity contribution in [1.82, 2.24) is 0 Å². The molecule has 0 spiro atoms. The number of aliphatic carboxylic acids is 1. The van der Waals surface area contributed by atoms with Crippen LogP contribution in [0.15, 0.2) is 30.3 Å². The van der Waals surface area contributed by atoms with E-state index in [0.717, 1.165) is 5.69 Å². The Morgan fingerprint density at radius 3 is 2.41 bits per heavy atom. The van der Waals surface area contributed by atoms with Crippen molar-refractivity contribution in [1.29, 1.82) is 0 Å². The molecule has 0 bridgehead atoms. The summed E-state index contributed by atoms with van der Waals surface area (Å²) < 4.78 is 0. The van der Waals surface area contributed by atoms with Gasteiger partial charge in [-0.05, 0) is 26.0 Å². The molecule has 1 amide bonds. The number of nitrogens with zero attached hydrogens (tertiary/aromatic N) is 1. The van der Waals surface area contributed by atoms with E-state index in [-0.39, 0.29) is 12.3 Å². The molecule has 90 valence electrons. The maximum Gasteiger partial charge on any atom is 0.309 e. The number of hydrogen-bond donors (Lipinski definition) is 1. The van der Waals surface area contributed by atoms with Crippen molar-refractivity contribution in [2.24, 2.45) is 5.92 Å². The lowest BCUT2D eigenvalue weighted by molar-refractivity contribution is -0.143. The second-order valence-electron chi connectivity index (χ2n) is 4.81. The molecule has 17 heavy (non-hydrogen) atoms. The number of carboxylic acids is 1. The van der Waals surface area contributed by atoms with E-state index in [0.29, 0.717) is 0 Å². The van der Waals surface area contributed by atoms with Crippen LogP contribution in [0, 0.1) is 5.92 Å². The third-order valence-corrected chi connectivity index (χ3v) is 3.37. The first-order valence-electron chi connectivity index (χ1n) is 5.55. The van der Waals surface area contributed by atoms with Crippen LogP contribution in [0.25, 0.3) is 0 Å². The number of carbonyl (C=O) groups is 2. The Labute approximate surface area is 99.9 Å². The Morgan fingerprint density at radius 1 is 1.35 bits per heavy atom. The fraction of sp³-hybridized carbons (Fsp3) is 0.385. The Kier molecular flexibility index (Phi) is 2.65. The minimum atomic E-state index is -0.915. The van der Waals surface area contributed by atoms with Crippen molar-refractivity contribution in [3.63, 3.8) is 0 Å². The summed E-state index contributed by atoms with van der Waals surface area (Å²) in [7, 11) is 0. The first kappa shape index (κ1) is 11.6. The van der Waals surface area contributed by atoms with Gasteiger partial charge in [0.25, 0.3) is 0 Å². The van der Waals surface area contributed by atoms with Crippen molar-refractivity contribution in [2.45, 2.75) is 25.8 Å². The van der Waals surface area contributed by atoms with Crippen LogP contribution in [0.5, 0.6) is 0 Å². The van der Waals surface area contributed by atoms with Gasteiger partial charge in [-0.3, -0.25) is 9.59 Å². The first-order valence-corrected chi connectivity index (χ1v) is 5.55. The summed E-state index contributed by atoms with van der Waals surface area (Å²) in [6.45, 7) is 3.59. The number of amides is 1. The smallest absolute Gasteiger partial charge is 0.309 e. The fourth-order valence-electron chi connectivity index (χ4n) is 2.44. The highest BCUT2D eigenvalue weighted by Crippen LogP contribution is 2.39. The van der Waals surface area contributed by atoms with Crippen molar-refractivity contribution in [3.05, 3.63) is 30.3 Å². The van der Waals surface area contributed by atoms with Gasteiger partial charge in [0.1, 0.15) is 0 Å². The lowest BCUT2D eigenvalue weighted by atomic mass is 9.88. The van der Waals surface area contributed by atoms with Crippen LogP contribution in [-0.4, -0.2) is 22.5 Å². The predicted molar refractivity (Wildman–Crippen MR) is 63.7 cm³/mol. The molecular formula is C13H15NO3. The average Bonchev–Trinajstić information content (AvgIpc) is 2.50. The van der Waals surface area contributed by atoms with Crippen LogP contribution in [0.4, 0.5) is 5.69 Å². The van der Waals surface area contributed by atoms with Gasteiger partial charge < -0.3 is 10.0 Å². The quantitative estimate of drug-likeness (QED) is 0.848. The second-order valence-corrected chi connectivity index (χ2v) is 4.81. The standard InChI is InChI=1S/C13H15NO3/c1-13(2)10(12(16)17)8-11(15)14(13)9-6-4-3-5-7-9/h3-7,10H,8H2,1-2H3,(H,16,17). The van der Waals surface area contributed by atoms with E-state index >= 15 is 0 Å². The van der Waals surface area contributed by atoms with E-state index in [1.807, 2.05) is 30.3 Å². The first-order chi connectivity index (χ1) is 7.94. The third kappa shape index (κ3) is 1.79. The lowest BCUT2D eigenvalue weighted by Crippen LogP contribution is -2.46. The van der Waals surface area contributed by atoms with Gasteiger partial charge in [-0.25, -0.2) is 0 Å². The summed E-state index contributed by atoms with van der Waals surface area (Å²) in [6, 6.07) is 9.19. The van der Waals surface area contributed by atoms with Crippen molar-refractivity contribution >= 4 is 17.6 Å². The molecule has 2 rings (SSSR count). The van der Waals surface area contributed by atoms with Gasteiger partial charge in [0.05, 0.1) is 11.5 Å². The lowest BCUT2D eigenvalue weighted by Gasteiger charge is -2.34. The maximum atomic E-state index is 12.0. The highest BCUT2D eigenvalue weighted by Gasteiger charge is 2.50. The van der Waals surface area contributed by atoms with Crippen LogP contribution >= 0.6 is 0 Å². The number of anilines is 1. The Hall–Kier alpha value is -1.84. The Bertz CT molecular complexity index is 453. The molecule has 1 heterocycles. The van der Waals surface area contributed by atoms with Crippen LogP contribution in [0.2, 0.25) is 0 Å². The van der Waals surface area contributed by atoms with Crippen LogP contribution in [0.1, 0.15) is 20.3 Å². The van der Waals surface area contributed by atoms with Crippen LogP contribution in [-0.2, 0) is 9.59 Å². The van der Waals surface area contributed by atoms with E-state index in [1.54, 1.807) is 18.7 Å². The summed E-state index contributed by atoms with van der Waals surface area (Å²) in [5.41, 5.74) is 0.0656. The van der Waals surface area contributed by atoms with Crippen molar-refractivity contribution in [2.75, 3.05) is 4.90 Å². The minimum Gasteiger partial charge on any atom is -0.481 e. The molecule has 1 atom stereocenters. The minimum absolute atomic E-state index is 0.0667. The van der Waals surface area contributed by atoms with Gasteiger partial charge in [0.2, 0.25) is 5.91 Å². The van der Waals surface area contributed by atoms with Crippen LogP contribution < -0.4 is 4.90 Å². The third-order valence-electron chi connectivity index (χ3n) is 3.37.